The van der Waals surface area contributed by atoms with Crippen LogP contribution in [0.15, 0.2) is 55.2 Å². The number of hydrogen-bond acceptors (Lipinski definition) is 5. The fourth-order valence-electron chi connectivity index (χ4n) is 3.22. The Balaban J connectivity index is 1.71. The number of aromatic amines is 1. The van der Waals surface area contributed by atoms with Gasteiger partial charge < -0.3 is 9.54 Å². The normalized spacial score (nSPS) is 13.3. The maximum Gasteiger partial charge on any atom is 0.157 e. The van der Waals surface area contributed by atoms with Crippen molar-refractivity contribution in [1.82, 2.24) is 24.7 Å². The van der Waals surface area contributed by atoms with E-state index in [-0.39, 0.29) is 18.2 Å². The Morgan fingerprint density at radius 3 is 3.04 bits per heavy atom. The van der Waals surface area contributed by atoms with Crippen LogP contribution in [0.3, 0.4) is 0 Å². The third-order valence-corrected chi connectivity index (χ3v) is 5.04. The largest absolute Gasteiger partial charge is 0.346 e. The van der Waals surface area contributed by atoms with Gasteiger partial charge in [-0.2, -0.15) is 10.4 Å². The number of H-pyrrole nitrogens is 1. The van der Waals surface area contributed by atoms with E-state index in [9.17, 15) is 9.47 Å². The summed E-state index contributed by atoms with van der Waals surface area (Å²) in [6, 6.07) is 11.1. The van der Waals surface area contributed by atoms with Crippen LogP contribution in [-0.4, -0.2) is 33.5 Å². The van der Waals surface area contributed by atoms with Crippen molar-refractivity contribution in [2.24, 2.45) is 0 Å². The molecule has 0 radical (unpaired) electrons. The molecule has 3 heterocycles. The lowest BCUT2D eigenvalue weighted by Crippen LogP contribution is -2.11. The molecule has 2 unspecified atom stereocenters. The number of aromatic nitrogens is 5. The zero-order valence-corrected chi connectivity index (χ0v) is 15.5. The number of rotatable bonds is 6. The Labute approximate surface area is 163 Å². The molecule has 3 aromatic heterocycles. The smallest absolute Gasteiger partial charge is 0.157 e. The second kappa shape index (κ2) is 7.72. The summed E-state index contributed by atoms with van der Waals surface area (Å²) in [7, 11) is 0. The number of benzene rings is 1. The summed E-state index contributed by atoms with van der Waals surface area (Å²) in [5.74, 6) is 0.0455. The van der Waals surface area contributed by atoms with Gasteiger partial charge in [-0.3, -0.25) is 4.68 Å². The second-order valence-corrected chi connectivity index (χ2v) is 7.19. The van der Waals surface area contributed by atoms with Crippen LogP contribution >= 0.6 is 0 Å². The summed E-state index contributed by atoms with van der Waals surface area (Å²) in [4.78, 5) is 11.6. The monoisotopic (exact) mass is 392 g/mol. The predicted octanol–water partition coefficient (Wildman–Crippen LogP) is 3.05. The van der Waals surface area contributed by atoms with Crippen molar-refractivity contribution in [2.45, 2.75) is 18.2 Å². The van der Waals surface area contributed by atoms with Gasteiger partial charge in [0.2, 0.25) is 0 Å². The summed E-state index contributed by atoms with van der Waals surface area (Å²) in [6.07, 6.45) is 7.09. The van der Waals surface area contributed by atoms with Gasteiger partial charge in [0.25, 0.3) is 0 Å². The standard InChI is InChI=1S/C19H16N6O2S/c20-6-4-17(14-3-1-2-13(8-14)11-28(26)27)25-10-15(9-24-25)18-16-5-7-21-19(16)23-12-22-18/h1-3,5,7-10,12,17H,4,11H2,(H,26,27)(H,21,22,23). The number of hydrogen-bond donors (Lipinski definition) is 2. The van der Waals surface area contributed by atoms with Crippen LogP contribution in [0, 0.1) is 11.3 Å². The molecular weight excluding hydrogens is 376 g/mol. The van der Waals surface area contributed by atoms with E-state index >= 15 is 0 Å². The van der Waals surface area contributed by atoms with E-state index in [2.05, 4.69) is 26.1 Å². The van der Waals surface area contributed by atoms with Gasteiger partial charge in [-0.1, -0.05) is 24.3 Å². The molecule has 1 aromatic carbocycles. The van der Waals surface area contributed by atoms with Crippen molar-refractivity contribution >= 4 is 22.1 Å². The first kappa shape index (κ1) is 18.0. The highest BCUT2D eigenvalue weighted by Crippen LogP contribution is 2.28. The molecule has 0 fully saturated rings. The third kappa shape index (κ3) is 3.55. The molecule has 140 valence electrons. The fourth-order valence-corrected chi connectivity index (χ4v) is 3.68. The quantitative estimate of drug-likeness (QED) is 0.487. The van der Waals surface area contributed by atoms with Crippen molar-refractivity contribution in [2.75, 3.05) is 0 Å². The first-order valence-corrected chi connectivity index (χ1v) is 9.79. The molecule has 2 atom stereocenters. The number of nitrogens with zero attached hydrogens (tertiary/aromatic N) is 5. The summed E-state index contributed by atoms with van der Waals surface area (Å²) < 4.78 is 22.0. The average Bonchev–Trinajstić information content (AvgIpc) is 3.35. The van der Waals surface area contributed by atoms with E-state index < -0.39 is 11.1 Å². The maximum absolute atomic E-state index is 11.1. The Kier molecular flexibility index (Phi) is 4.97. The molecule has 28 heavy (non-hydrogen) atoms. The van der Waals surface area contributed by atoms with Crippen molar-refractivity contribution in [1.29, 1.82) is 5.26 Å². The number of nitriles is 1. The van der Waals surface area contributed by atoms with E-state index in [0.717, 1.165) is 33.4 Å². The van der Waals surface area contributed by atoms with Crippen LogP contribution in [0.4, 0.5) is 0 Å². The molecule has 0 saturated carbocycles. The highest BCUT2D eigenvalue weighted by molar-refractivity contribution is 7.78. The predicted molar refractivity (Wildman–Crippen MR) is 104 cm³/mol. The van der Waals surface area contributed by atoms with E-state index in [4.69, 9.17) is 4.55 Å². The average molecular weight is 392 g/mol. The molecule has 0 aliphatic rings. The molecule has 0 aliphatic heterocycles. The molecule has 2 N–H and O–H groups in total. The topological polar surface area (TPSA) is 120 Å². The highest BCUT2D eigenvalue weighted by Gasteiger charge is 2.17. The van der Waals surface area contributed by atoms with E-state index in [1.165, 1.54) is 6.33 Å². The minimum absolute atomic E-state index is 0.0455. The van der Waals surface area contributed by atoms with E-state index in [1.807, 2.05) is 36.7 Å². The van der Waals surface area contributed by atoms with E-state index in [0.29, 0.717) is 0 Å². The Morgan fingerprint density at radius 2 is 2.21 bits per heavy atom. The van der Waals surface area contributed by atoms with Gasteiger partial charge >= 0.3 is 0 Å². The fraction of sp³-hybridized carbons (Fsp3) is 0.158. The van der Waals surface area contributed by atoms with Crippen molar-refractivity contribution in [3.63, 3.8) is 0 Å². The Morgan fingerprint density at radius 1 is 1.32 bits per heavy atom. The number of nitrogens with one attached hydrogen (secondary N) is 1. The van der Waals surface area contributed by atoms with Crippen LogP contribution in [0.25, 0.3) is 22.3 Å². The molecule has 4 aromatic rings. The molecule has 0 aliphatic carbocycles. The summed E-state index contributed by atoms with van der Waals surface area (Å²) in [5, 5.41) is 14.7. The zero-order valence-electron chi connectivity index (χ0n) is 14.7. The van der Waals surface area contributed by atoms with Crippen LogP contribution in [-0.2, 0) is 16.8 Å². The molecular formula is C19H16N6O2S. The summed E-state index contributed by atoms with van der Waals surface area (Å²) in [6.45, 7) is 0. The lowest BCUT2D eigenvalue weighted by molar-refractivity contribution is 0.532. The Hall–Kier alpha value is -3.35. The third-order valence-electron chi connectivity index (χ3n) is 4.46. The summed E-state index contributed by atoms with van der Waals surface area (Å²) in [5.41, 5.74) is 3.92. The minimum Gasteiger partial charge on any atom is -0.346 e. The van der Waals surface area contributed by atoms with Crippen LogP contribution in [0.5, 0.6) is 0 Å². The Bertz CT molecular complexity index is 1190. The van der Waals surface area contributed by atoms with Gasteiger partial charge in [-0.15, -0.1) is 0 Å². The lowest BCUT2D eigenvalue weighted by Gasteiger charge is -2.16. The lowest BCUT2D eigenvalue weighted by atomic mass is 10.0. The maximum atomic E-state index is 11.1. The SMILES string of the molecule is N#CCC(c1cccc(CS(=O)O)c1)n1cc(-c2ncnc3[nH]ccc23)cn1. The van der Waals surface area contributed by atoms with Gasteiger partial charge in [0.15, 0.2) is 11.1 Å². The number of fused-ring (bicyclic) bond motifs is 1. The van der Waals surface area contributed by atoms with Gasteiger partial charge in [0.05, 0.1) is 36.2 Å². The van der Waals surface area contributed by atoms with Crippen molar-refractivity contribution < 1.29 is 8.76 Å². The molecule has 0 bridgehead atoms. The summed E-state index contributed by atoms with van der Waals surface area (Å²) >= 11 is -1.92. The van der Waals surface area contributed by atoms with Crippen molar-refractivity contribution in [3.8, 4) is 17.3 Å². The minimum atomic E-state index is -1.92. The van der Waals surface area contributed by atoms with Crippen LogP contribution in [0.2, 0.25) is 0 Å². The molecule has 0 spiro atoms. The zero-order chi connectivity index (χ0) is 19.5. The van der Waals surface area contributed by atoms with E-state index in [1.54, 1.807) is 16.9 Å². The highest BCUT2D eigenvalue weighted by atomic mass is 32.2. The molecule has 4 rings (SSSR count). The van der Waals surface area contributed by atoms with Crippen LogP contribution < -0.4 is 0 Å². The van der Waals surface area contributed by atoms with Crippen molar-refractivity contribution in [3.05, 3.63) is 66.4 Å². The first-order valence-electron chi connectivity index (χ1n) is 8.51. The molecule has 8 nitrogen and oxygen atoms in total. The van der Waals surface area contributed by atoms with Gasteiger partial charge in [0.1, 0.15) is 12.0 Å². The molecule has 9 heteroatoms. The van der Waals surface area contributed by atoms with Gasteiger partial charge in [-0.25, -0.2) is 14.2 Å². The molecule has 0 saturated heterocycles. The van der Waals surface area contributed by atoms with Gasteiger partial charge in [0, 0.05) is 23.3 Å². The molecule has 0 amide bonds. The second-order valence-electron chi connectivity index (χ2n) is 6.26. The van der Waals surface area contributed by atoms with Gasteiger partial charge in [-0.05, 0) is 17.2 Å². The van der Waals surface area contributed by atoms with Crippen LogP contribution in [0.1, 0.15) is 23.6 Å². The first-order chi connectivity index (χ1) is 13.7.